The maximum Gasteiger partial charge on any atom is 0.490 e. The van der Waals surface area contributed by atoms with E-state index in [1.807, 2.05) is 0 Å². The van der Waals surface area contributed by atoms with Crippen molar-refractivity contribution in [3.63, 3.8) is 0 Å². The molecule has 0 radical (unpaired) electrons. The van der Waals surface area contributed by atoms with E-state index in [-0.39, 0.29) is 16.7 Å². The molecule has 0 aliphatic heterocycles. The third-order valence-corrected chi connectivity index (χ3v) is 5.74. The Morgan fingerprint density at radius 3 is 1.54 bits per heavy atom. The summed E-state index contributed by atoms with van der Waals surface area (Å²) in [5, 5.41) is 0. The van der Waals surface area contributed by atoms with Crippen LogP contribution in [-0.4, -0.2) is 36.1 Å². The maximum absolute atomic E-state index is 12.3. The molecule has 0 spiro atoms. The lowest BCUT2D eigenvalue weighted by Gasteiger charge is -2.20. The third kappa shape index (κ3) is 6.23. The SMILES string of the molecule is [2H]C([2H])(OC(=O)C(F)(F)F)Sc1c(C)c(C)c(SCOC(=O)C(F)(F)F)c(C)c1C. The topological polar surface area (TPSA) is 52.6 Å². The van der Waals surface area contributed by atoms with Gasteiger partial charge in [-0.2, -0.15) is 26.3 Å². The minimum absolute atomic E-state index is 0.210. The van der Waals surface area contributed by atoms with Gasteiger partial charge in [0.25, 0.3) is 0 Å². The number of hydrogen-bond donors (Lipinski definition) is 0. The van der Waals surface area contributed by atoms with Gasteiger partial charge in [0.1, 0.15) is 11.8 Å². The lowest BCUT2D eigenvalue weighted by molar-refractivity contribution is -0.197. The van der Waals surface area contributed by atoms with Crippen molar-refractivity contribution < 1.29 is 48.1 Å². The molecule has 0 fully saturated rings. The van der Waals surface area contributed by atoms with Gasteiger partial charge in [-0.1, -0.05) is 23.5 Å². The average Bonchev–Trinajstić information content (AvgIpc) is 2.57. The Hall–Kier alpha value is -1.56. The highest BCUT2D eigenvalue weighted by molar-refractivity contribution is 7.99. The van der Waals surface area contributed by atoms with Gasteiger partial charge < -0.3 is 9.47 Å². The zero-order chi connectivity index (χ0) is 23.7. The molecule has 1 rings (SSSR count). The smallest absolute Gasteiger partial charge is 0.448 e. The lowest BCUT2D eigenvalue weighted by Crippen LogP contribution is -2.25. The minimum Gasteiger partial charge on any atom is -0.448 e. The van der Waals surface area contributed by atoms with Crippen molar-refractivity contribution in [1.82, 2.24) is 0 Å². The summed E-state index contributed by atoms with van der Waals surface area (Å²) < 4.78 is 96.9. The van der Waals surface area contributed by atoms with E-state index in [9.17, 15) is 35.9 Å². The van der Waals surface area contributed by atoms with Gasteiger partial charge in [0.15, 0.2) is 0 Å². The standard InChI is InChI=1S/C16H16F6O4S2/c1-7-8(2)12(28-6-26-14(24)16(20,21)22)10(4)9(3)11(7)27-5-25-13(23)15(17,18)19/h5-6H2,1-4H3/i5D2. The first-order valence-corrected chi connectivity index (χ1v) is 9.15. The fourth-order valence-corrected chi connectivity index (χ4v) is 3.83. The van der Waals surface area contributed by atoms with E-state index in [0.29, 0.717) is 27.1 Å². The van der Waals surface area contributed by atoms with E-state index in [1.54, 1.807) is 13.8 Å². The highest BCUT2D eigenvalue weighted by atomic mass is 32.2. The highest BCUT2D eigenvalue weighted by Crippen LogP contribution is 2.38. The molecule has 0 aromatic heterocycles. The van der Waals surface area contributed by atoms with E-state index < -0.39 is 36.1 Å². The van der Waals surface area contributed by atoms with Crippen molar-refractivity contribution >= 4 is 35.5 Å². The number of benzene rings is 1. The molecule has 158 valence electrons. The zero-order valence-corrected chi connectivity index (χ0v) is 16.6. The number of thioether (sulfide) groups is 2. The predicted octanol–water partition coefficient (Wildman–Crippen LogP) is 5.23. The number of ether oxygens (including phenoxy) is 2. The Balaban J connectivity index is 3.10. The molecule has 0 aliphatic rings. The molecule has 0 bridgehead atoms. The number of hydrogen-bond acceptors (Lipinski definition) is 6. The van der Waals surface area contributed by atoms with Crippen molar-refractivity contribution in [1.29, 1.82) is 0 Å². The summed E-state index contributed by atoms with van der Waals surface area (Å²) in [5.41, 5.74) is 1.82. The molecule has 28 heavy (non-hydrogen) atoms. The molecule has 0 saturated carbocycles. The van der Waals surface area contributed by atoms with Gasteiger partial charge in [-0.15, -0.1) is 0 Å². The summed E-state index contributed by atoms with van der Waals surface area (Å²) in [7, 11) is 0. The summed E-state index contributed by atoms with van der Waals surface area (Å²) >= 11 is 1.07. The number of halogens is 6. The molecule has 0 saturated heterocycles. The third-order valence-electron chi connectivity index (χ3n) is 3.62. The maximum atomic E-state index is 12.3. The van der Waals surface area contributed by atoms with Gasteiger partial charge in [-0.05, 0) is 49.9 Å². The Kier molecular flexibility index (Phi) is 7.02. The molecule has 4 nitrogen and oxygen atoms in total. The van der Waals surface area contributed by atoms with Crippen molar-refractivity contribution in [3.05, 3.63) is 22.3 Å². The first-order chi connectivity index (χ1) is 13.4. The first kappa shape index (κ1) is 21.2. The van der Waals surface area contributed by atoms with Crippen molar-refractivity contribution in [2.45, 2.75) is 49.8 Å². The fourth-order valence-electron chi connectivity index (χ4n) is 2.00. The Labute approximate surface area is 168 Å². The molecular formula is C16H16F6O4S2. The van der Waals surface area contributed by atoms with E-state index in [1.165, 1.54) is 13.8 Å². The minimum atomic E-state index is -5.36. The van der Waals surface area contributed by atoms with Gasteiger partial charge in [0.05, 0.1) is 2.74 Å². The molecule has 1 aromatic carbocycles. The molecular weight excluding hydrogens is 434 g/mol. The highest BCUT2D eigenvalue weighted by Gasteiger charge is 2.41. The summed E-state index contributed by atoms with van der Waals surface area (Å²) in [6.07, 6.45) is -10.5. The first-order valence-electron chi connectivity index (χ1n) is 8.34. The second-order valence-corrected chi connectivity index (χ2v) is 7.13. The van der Waals surface area contributed by atoms with Crippen LogP contribution in [0.15, 0.2) is 9.79 Å². The Morgan fingerprint density at radius 2 is 1.14 bits per heavy atom. The van der Waals surface area contributed by atoms with Crippen LogP contribution in [0.2, 0.25) is 0 Å². The number of carbonyl (C=O) groups excluding carboxylic acids is 2. The molecule has 0 aliphatic carbocycles. The van der Waals surface area contributed by atoms with Gasteiger partial charge >= 0.3 is 24.3 Å². The van der Waals surface area contributed by atoms with E-state index in [4.69, 9.17) is 2.74 Å². The largest absolute Gasteiger partial charge is 0.490 e. The van der Waals surface area contributed by atoms with Crippen molar-refractivity contribution in [2.24, 2.45) is 0 Å². The monoisotopic (exact) mass is 452 g/mol. The Morgan fingerprint density at radius 1 is 0.786 bits per heavy atom. The van der Waals surface area contributed by atoms with Crippen LogP contribution in [0.4, 0.5) is 26.3 Å². The quantitative estimate of drug-likeness (QED) is 0.255. The molecule has 0 N–H and O–H groups in total. The lowest BCUT2D eigenvalue weighted by atomic mass is 10.0. The number of rotatable bonds is 6. The van der Waals surface area contributed by atoms with Crippen LogP contribution in [0.3, 0.4) is 0 Å². The van der Waals surface area contributed by atoms with E-state index >= 15 is 0 Å². The second kappa shape index (κ2) is 9.29. The van der Waals surface area contributed by atoms with Gasteiger partial charge in [0.2, 0.25) is 0 Å². The van der Waals surface area contributed by atoms with Crippen LogP contribution in [0, 0.1) is 27.7 Å². The van der Waals surface area contributed by atoms with Gasteiger partial charge in [-0.25, -0.2) is 9.59 Å². The van der Waals surface area contributed by atoms with Crippen LogP contribution in [-0.2, 0) is 19.1 Å². The zero-order valence-electron chi connectivity index (χ0n) is 16.9. The molecule has 0 heterocycles. The van der Waals surface area contributed by atoms with Crippen LogP contribution in [0.25, 0.3) is 0 Å². The summed E-state index contributed by atoms with van der Waals surface area (Å²) in [6, 6.07) is 0. The molecule has 12 heteroatoms. The molecule has 1 aromatic rings. The summed E-state index contributed by atoms with van der Waals surface area (Å²) in [5.74, 6) is -8.68. The summed E-state index contributed by atoms with van der Waals surface area (Å²) in [4.78, 5) is 22.4. The Bertz CT molecular complexity index is 811. The van der Waals surface area contributed by atoms with Crippen molar-refractivity contribution in [2.75, 3.05) is 11.8 Å². The van der Waals surface area contributed by atoms with Crippen LogP contribution in [0.1, 0.15) is 25.0 Å². The average molecular weight is 452 g/mol. The molecule has 0 amide bonds. The van der Waals surface area contributed by atoms with Crippen LogP contribution in [0.5, 0.6) is 0 Å². The number of carbonyl (C=O) groups is 2. The van der Waals surface area contributed by atoms with Gasteiger partial charge in [0, 0.05) is 9.79 Å². The predicted molar refractivity (Wildman–Crippen MR) is 91.1 cm³/mol. The molecule has 0 unspecified atom stereocenters. The van der Waals surface area contributed by atoms with Crippen molar-refractivity contribution in [3.8, 4) is 0 Å². The number of alkyl halides is 6. The van der Waals surface area contributed by atoms with Crippen LogP contribution < -0.4 is 0 Å². The van der Waals surface area contributed by atoms with Gasteiger partial charge in [-0.3, -0.25) is 0 Å². The van der Waals surface area contributed by atoms with E-state index in [0.717, 1.165) is 11.8 Å². The summed E-state index contributed by atoms with van der Waals surface area (Å²) in [6.45, 7) is 6.18. The van der Waals surface area contributed by atoms with E-state index in [2.05, 4.69) is 9.47 Å². The fraction of sp³-hybridized carbons (Fsp3) is 0.500. The number of esters is 2. The molecule has 0 atom stereocenters. The normalized spacial score (nSPS) is 13.6. The van der Waals surface area contributed by atoms with Crippen LogP contribution >= 0.6 is 23.5 Å². The second-order valence-electron chi connectivity index (χ2n) is 5.42.